The van der Waals surface area contributed by atoms with Gasteiger partial charge in [0.25, 0.3) is 5.91 Å². The van der Waals surface area contributed by atoms with Crippen LogP contribution in [0.15, 0.2) is 72.1 Å². The highest BCUT2D eigenvalue weighted by molar-refractivity contribution is 7.99. The van der Waals surface area contributed by atoms with Crippen molar-refractivity contribution in [2.45, 2.75) is 10.6 Å². The topological polar surface area (TPSA) is 29.1 Å². The molecule has 23 heavy (non-hydrogen) atoms. The van der Waals surface area contributed by atoms with E-state index in [1.807, 2.05) is 48.2 Å². The summed E-state index contributed by atoms with van der Waals surface area (Å²) in [5.41, 5.74) is 2.06. The molecule has 2 nitrogen and oxygen atoms in total. The number of benzene rings is 2. The molecule has 4 heteroatoms. The minimum Gasteiger partial charge on any atom is -0.351 e. The van der Waals surface area contributed by atoms with E-state index in [9.17, 15) is 4.79 Å². The van der Waals surface area contributed by atoms with Gasteiger partial charge in [-0.1, -0.05) is 48.5 Å². The smallest absolute Gasteiger partial charge is 0.252 e. The molecule has 0 aliphatic rings. The number of hydrogen-bond donors (Lipinski definition) is 1. The zero-order chi connectivity index (χ0) is 16.3. The molecular weight excluding hydrogens is 322 g/mol. The van der Waals surface area contributed by atoms with E-state index in [0.717, 1.165) is 27.7 Å². The normalized spacial score (nSPS) is 10.3. The van der Waals surface area contributed by atoms with E-state index >= 15 is 0 Å². The summed E-state index contributed by atoms with van der Waals surface area (Å²) in [6.45, 7) is 4.40. The van der Waals surface area contributed by atoms with Gasteiger partial charge in [-0.05, 0) is 17.7 Å². The fraction of sp³-hybridized carbons (Fsp3) is 0.211. The Morgan fingerprint density at radius 2 is 1.83 bits per heavy atom. The molecule has 0 aromatic heterocycles. The summed E-state index contributed by atoms with van der Waals surface area (Å²) < 4.78 is 0. The van der Waals surface area contributed by atoms with Crippen LogP contribution >= 0.6 is 23.5 Å². The van der Waals surface area contributed by atoms with Crippen LogP contribution in [0, 0.1) is 0 Å². The summed E-state index contributed by atoms with van der Waals surface area (Å²) >= 11 is 3.46. The average Bonchev–Trinajstić information content (AvgIpc) is 2.60. The van der Waals surface area contributed by atoms with E-state index in [1.165, 1.54) is 5.56 Å². The van der Waals surface area contributed by atoms with Gasteiger partial charge in [0.1, 0.15) is 0 Å². The van der Waals surface area contributed by atoms with Gasteiger partial charge >= 0.3 is 0 Å². The number of carbonyl (C=O) groups excluding carboxylic acids is 1. The molecule has 0 heterocycles. The molecule has 0 bridgehead atoms. The summed E-state index contributed by atoms with van der Waals surface area (Å²) in [4.78, 5) is 13.3. The maximum atomic E-state index is 12.3. The molecule has 120 valence electrons. The molecule has 2 aromatic rings. The maximum absolute atomic E-state index is 12.3. The lowest BCUT2D eigenvalue weighted by Crippen LogP contribution is -2.26. The molecule has 0 saturated carbocycles. The van der Waals surface area contributed by atoms with Crippen LogP contribution in [0.1, 0.15) is 15.9 Å². The van der Waals surface area contributed by atoms with E-state index in [2.05, 4.69) is 36.2 Å². The molecule has 0 saturated heterocycles. The molecular formula is C19H21NOS2. The van der Waals surface area contributed by atoms with Crippen LogP contribution in [0.5, 0.6) is 0 Å². The van der Waals surface area contributed by atoms with Crippen molar-refractivity contribution >= 4 is 29.4 Å². The lowest BCUT2D eigenvalue weighted by molar-refractivity contribution is 0.0953. The van der Waals surface area contributed by atoms with Crippen molar-refractivity contribution in [3.8, 4) is 0 Å². The van der Waals surface area contributed by atoms with E-state index in [1.54, 1.807) is 11.8 Å². The predicted molar refractivity (Wildman–Crippen MR) is 102 cm³/mol. The van der Waals surface area contributed by atoms with Crippen molar-refractivity contribution < 1.29 is 4.79 Å². The largest absolute Gasteiger partial charge is 0.351 e. The van der Waals surface area contributed by atoms with Crippen molar-refractivity contribution in [3.63, 3.8) is 0 Å². The third-order valence-corrected chi connectivity index (χ3v) is 5.23. The van der Waals surface area contributed by atoms with E-state index in [0.29, 0.717) is 6.54 Å². The second-order valence-corrected chi connectivity index (χ2v) is 7.06. The van der Waals surface area contributed by atoms with Gasteiger partial charge < -0.3 is 5.32 Å². The molecule has 1 amide bonds. The average molecular weight is 344 g/mol. The molecule has 0 spiro atoms. The van der Waals surface area contributed by atoms with Gasteiger partial charge in [0.15, 0.2) is 0 Å². The van der Waals surface area contributed by atoms with Crippen molar-refractivity contribution in [3.05, 3.63) is 78.4 Å². The maximum Gasteiger partial charge on any atom is 0.252 e. The van der Waals surface area contributed by atoms with E-state index < -0.39 is 0 Å². The molecule has 0 aliphatic carbocycles. The fourth-order valence-corrected chi connectivity index (χ4v) is 3.63. The van der Waals surface area contributed by atoms with Crippen LogP contribution in [0.3, 0.4) is 0 Å². The Bertz CT molecular complexity index is 628. The van der Waals surface area contributed by atoms with Crippen LogP contribution in [-0.2, 0) is 5.75 Å². The molecule has 0 aliphatic heterocycles. The third-order valence-electron chi connectivity index (χ3n) is 3.13. The van der Waals surface area contributed by atoms with Gasteiger partial charge in [-0.3, -0.25) is 4.79 Å². The Labute approximate surface area is 146 Å². The first-order valence-electron chi connectivity index (χ1n) is 7.54. The number of carbonyl (C=O) groups is 1. The predicted octanol–water partition coefficient (Wildman–Crippen LogP) is 4.63. The number of amides is 1. The standard InChI is InChI=1S/C19H21NOS2/c1-2-13-23-18-11-7-6-10-17(18)19(21)20-12-14-22-15-16-8-4-3-5-9-16/h2-11H,1,12-15H2,(H,20,21). The van der Waals surface area contributed by atoms with Gasteiger partial charge in [-0.2, -0.15) is 11.8 Å². The highest BCUT2D eigenvalue weighted by atomic mass is 32.2. The van der Waals surface area contributed by atoms with Crippen molar-refractivity contribution in [2.75, 3.05) is 18.1 Å². The monoisotopic (exact) mass is 343 g/mol. The first-order chi connectivity index (χ1) is 11.3. The molecule has 0 radical (unpaired) electrons. The minimum atomic E-state index is -0.00234. The van der Waals surface area contributed by atoms with Crippen LogP contribution in [-0.4, -0.2) is 24.0 Å². The fourth-order valence-electron chi connectivity index (χ4n) is 2.03. The molecule has 0 atom stereocenters. The Hall–Kier alpha value is -1.65. The molecule has 0 unspecified atom stereocenters. The minimum absolute atomic E-state index is 0.00234. The first kappa shape index (κ1) is 17.7. The number of hydrogen-bond acceptors (Lipinski definition) is 3. The second kappa shape index (κ2) is 10.2. The second-order valence-electron chi connectivity index (χ2n) is 4.89. The summed E-state index contributed by atoms with van der Waals surface area (Å²) in [5, 5.41) is 3.00. The number of thioether (sulfide) groups is 2. The molecule has 2 rings (SSSR count). The summed E-state index contributed by atoms with van der Waals surface area (Å²) in [6.07, 6.45) is 1.85. The lowest BCUT2D eigenvalue weighted by Gasteiger charge is -2.09. The van der Waals surface area contributed by atoms with Gasteiger partial charge in [0, 0.05) is 28.7 Å². The highest BCUT2D eigenvalue weighted by Crippen LogP contribution is 2.22. The summed E-state index contributed by atoms with van der Waals surface area (Å²) in [5.74, 6) is 2.68. The van der Waals surface area contributed by atoms with Gasteiger partial charge in [0.05, 0.1) is 5.56 Å². The Morgan fingerprint density at radius 3 is 2.61 bits per heavy atom. The zero-order valence-electron chi connectivity index (χ0n) is 13.0. The Kier molecular flexibility index (Phi) is 7.84. The van der Waals surface area contributed by atoms with Gasteiger partial charge in [0.2, 0.25) is 0 Å². The third kappa shape index (κ3) is 6.16. The SMILES string of the molecule is C=CCSc1ccccc1C(=O)NCCSCc1ccccc1. The highest BCUT2D eigenvalue weighted by Gasteiger charge is 2.10. The summed E-state index contributed by atoms with van der Waals surface area (Å²) in [6, 6.07) is 18.1. The Balaban J connectivity index is 1.75. The lowest BCUT2D eigenvalue weighted by atomic mass is 10.2. The van der Waals surface area contributed by atoms with Crippen molar-refractivity contribution in [1.29, 1.82) is 0 Å². The van der Waals surface area contributed by atoms with Crippen LogP contribution in [0.25, 0.3) is 0 Å². The Morgan fingerprint density at radius 1 is 1.09 bits per heavy atom. The number of nitrogens with one attached hydrogen (secondary N) is 1. The van der Waals surface area contributed by atoms with Gasteiger partial charge in [-0.25, -0.2) is 0 Å². The van der Waals surface area contributed by atoms with Crippen LogP contribution in [0.2, 0.25) is 0 Å². The first-order valence-corrected chi connectivity index (χ1v) is 9.68. The van der Waals surface area contributed by atoms with E-state index in [-0.39, 0.29) is 5.91 Å². The van der Waals surface area contributed by atoms with Crippen molar-refractivity contribution in [1.82, 2.24) is 5.32 Å². The quantitative estimate of drug-likeness (QED) is 0.409. The molecule has 2 aromatic carbocycles. The summed E-state index contributed by atoms with van der Waals surface area (Å²) in [7, 11) is 0. The molecule has 0 fully saturated rings. The van der Waals surface area contributed by atoms with E-state index in [4.69, 9.17) is 0 Å². The van der Waals surface area contributed by atoms with Crippen molar-refractivity contribution in [2.24, 2.45) is 0 Å². The zero-order valence-corrected chi connectivity index (χ0v) is 14.7. The van der Waals surface area contributed by atoms with Crippen LogP contribution in [0.4, 0.5) is 0 Å². The van der Waals surface area contributed by atoms with Gasteiger partial charge in [-0.15, -0.1) is 18.3 Å². The van der Waals surface area contributed by atoms with Crippen LogP contribution < -0.4 is 5.32 Å². The molecule has 1 N–H and O–H groups in total. The number of rotatable bonds is 9.